The van der Waals surface area contributed by atoms with E-state index in [1.807, 2.05) is 43.0 Å². The molecule has 1 aliphatic heterocycles. The van der Waals surface area contributed by atoms with Gasteiger partial charge in [-0.3, -0.25) is 10.3 Å². The molecule has 1 atom stereocenters. The Morgan fingerprint density at radius 1 is 0.958 bits per heavy atom. The van der Waals surface area contributed by atoms with Crippen LogP contribution in [0.4, 0.5) is 33.3 Å². The van der Waals surface area contributed by atoms with Gasteiger partial charge in [0.25, 0.3) is 0 Å². The van der Waals surface area contributed by atoms with Crippen molar-refractivity contribution in [1.82, 2.24) is 4.90 Å². The molecule has 9 heteroatoms. The molecule has 1 heterocycles. The van der Waals surface area contributed by atoms with Gasteiger partial charge in [0, 0.05) is 35.9 Å². The lowest BCUT2D eigenvalue weighted by Gasteiger charge is -2.40. The average molecular weight is 669 g/mol. The first-order valence-electron chi connectivity index (χ1n) is 17.0. The highest BCUT2D eigenvalue weighted by Crippen LogP contribution is 2.36. The van der Waals surface area contributed by atoms with Crippen LogP contribution in [0.3, 0.4) is 0 Å². The van der Waals surface area contributed by atoms with Crippen molar-refractivity contribution in [2.24, 2.45) is 11.8 Å². The first kappa shape index (κ1) is 36.9. The number of nitrogens with one attached hydrogen (secondary N) is 2. The van der Waals surface area contributed by atoms with E-state index in [4.69, 9.17) is 5.41 Å². The smallest absolute Gasteiger partial charge is 0.382 e. The molecule has 4 nitrogen and oxygen atoms in total. The Bertz CT molecular complexity index is 1540. The largest absolute Gasteiger partial charge is 0.416 e. The molecule has 3 aromatic carbocycles. The van der Waals surface area contributed by atoms with Crippen LogP contribution in [0.1, 0.15) is 87.1 Å². The minimum absolute atomic E-state index is 0.0274. The van der Waals surface area contributed by atoms with Crippen molar-refractivity contribution in [1.29, 1.82) is 5.41 Å². The Labute approximate surface area is 282 Å². The minimum atomic E-state index is -4.47. The van der Waals surface area contributed by atoms with E-state index >= 15 is 0 Å². The van der Waals surface area contributed by atoms with E-state index in [-0.39, 0.29) is 17.3 Å². The standard InChI is InChI=1S/C31H33F5N4.C8H16/c1-4-28(40(30(32)33)27-11-6-5-8-20(27)2)39-16-14-24(15-17-39)38-25-12-13-26(21(3)18-25)29(37)22-9-7-10-23(19-22)31(34,35)36;1-3-7(2)6-8-4-5-8/h4-13,18-19,24,30,37-38H,14-17H2,1-3H3;7-8H,3-6H2,1-2H3. The highest BCUT2D eigenvalue weighted by Gasteiger charge is 2.31. The molecule has 48 heavy (non-hydrogen) atoms. The van der Waals surface area contributed by atoms with Crippen LogP contribution in [-0.4, -0.2) is 36.3 Å². The van der Waals surface area contributed by atoms with E-state index in [1.54, 1.807) is 31.2 Å². The van der Waals surface area contributed by atoms with Gasteiger partial charge in [-0.25, -0.2) is 0 Å². The van der Waals surface area contributed by atoms with Crippen molar-refractivity contribution in [3.63, 3.8) is 0 Å². The topological polar surface area (TPSA) is 42.4 Å². The van der Waals surface area contributed by atoms with E-state index in [0.717, 1.165) is 58.5 Å². The lowest BCUT2D eigenvalue weighted by Crippen LogP contribution is -2.45. The SMILES string of the molecule is CC=C(N1CCC(Nc2ccc(C(=N)c3cccc(C(F)(F)F)c3)c(C)c2)CC1)N(c1ccccc1C)C(F)F.CCC(C)CC1CC1. The summed E-state index contributed by atoms with van der Waals surface area (Å²) in [7, 11) is 0. The molecular weight excluding hydrogens is 619 g/mol. The number of halogens is 5. The van der Waals surface area contributed by atoms with Gasteiger partial charge in [0.15, 0.2) is 0 Å². The lowest BCUT2D eigenvalue weighted by molar-refractivity contribution is -0.137. The summed E-state index contributed by atoms with van der Waals surface area (Å²) in [6.07, 6.45) is 4.64. The quantitative estimate of drug-likeness (QED) is 0.121. The average Bonchev–Trinajstić information content (AvgIpc) is 3.88. The summed E-state index contributed by atoms with van der Waals surface area (Å²) >= 11 is 0. The Morgan fingerprint density at radius 3 is 2.21 bits per heavy atom. The molecule has 0 radical (unpaired) electrons. The summed E-state index contributed by atoms with van der Waals surface area (Å²) in [6.45, 7) is 8.59. The van der Waals surface area contributed by atoms with Gasteiger partial charge in [0.2, 0.25) is 0 Å². The third-order valence-corrected chi connectivity index (χ3v) is 9.37. The van der Waals surface area contributed by atoms with Gasteiger partial charge in [-0.2, -0.15) is 22.0 Å². The van der Waals surface area contributed by atoms with Gasteiger partial charge in [0.1, 0.15) is 5.82 Å². The Morgan fingerprint density at radius 2 is 1.65 bits per heavy atom. The molecule has 2 aliphatic rings. The van der Waals surface area contributed by atoms with Crippen LogP contribution in [-0.2, 0) is 6.18 Å². The van der Waals surface area contributed by atoms with Crippen molar-refractivity contribution in [3.8, 4) is 0 Å². The van der Waals surface area contributed by atoms with Crippen LogP contribution in [0.25, 0.3) is 0 Å². The fraction of sp³-hybridized carbons (Fsp3) is 0.462. The van der Waals surface area contributed by atoms with Crippen LogP contribution in [0.2, 0.25) is 0 Å². The Kier molecular flexibility index (Phi) is 12.7. The van der Waals surface area contributed by atoms with Gasteiger partial charge in [-0.05, 0) is 99.4 Å². The zero-order valence-electron chi connectivity index (χ0n) is 28.7. The van der Waals surface area contributed by atoms with E-state index in [9.17, 15) is 22.0 Å². The van der Waals surface area contributed by atoms with Crippen LogP contribution in [0, 0.1) is 31.1 Å². The van der Waals surface area contributed by atoms with Crippen molar-refractivity contribution < 1.29 is 22.0 Å². The van der Waals surface area contributed by atoms with Crippen LogP contribution < -0.4 is 10.2 Å². The van der Waals surface area contributed by atoms with Gasteiger partial charge in [-0.15, -0.1) is 0 Å². The number of rotatable bonds is 11. The molecule has 2 fully saturated rings. The number of piperidine rings is 1. The lowest BCUT2D eigenvalue weighted by atomic mass is 9.96. The highest BCUT2D eigenvalue weighted by atomic mass is 19.4. The number of alkyl halides is 5. The van der Waals surface area contributed by atoms with Gasteiger partial charge in [-0.1, -0.05) is 69.5 Å². The molecule has 0 aromatic heterocycles. The number of hydrogen-bond acceptors (Lipinski definition) is 4. The summed E-state index contributed by atoms with van der Waals surface area (Å²) in [6, 6.07) is 17.5. The molecule has 0 bridgehead atoms. The van der Waals surface area contributed by atoms with Gasteiger partial charge < -0.3 is 10.2 Å². The highest BCUT2D eigenvalue weighted by molar-refractivity contribution is 6.12. The third-order valence-electron chi connectivity index (χ3n) is 9.37. The maximum atomic E-state index is 14.2. The zero-order valence-corrected chi connectivity index (χ0v) is 28.7. The Hall–Kier alpha value is -3.88. The van der Waals surface area contributed by atoms with Crippen molar-refractivity contribution in [2.45, 2.75) is 91.9 Å². The number of nitrogens with zero attached hydrogens (tertiary/aromatic N) is 2. The van der Waals surface area contributed by atoms with Crippen molar-refractivity contribution in [3.05, 3.63) is 106 Å². The second kappa shape index (κ2) is 16.5. The molecule has 1 saturated heterocycles. The van der Waals surface area contributed by atoms with Crippen molar-refractivity contribution in [2.75, 3.05) is 23.3 Å². The molecule has 1 unspecified atom stereocenters. The number of anilines is 2. The predicted molar refractivity (Wildman–Crippen MR) is 187 cm³/mol. The number of allylic oxidation sites excluding steroid dienone is 1. The maximum absolute atomic E-state index is 14.2. The molecule has 0 spiro atoms. The fourth-order valence-corrected chi connectivity index (χ4v) is 6.25. The van der Waals surface area contributed by atoms with Crippen LogP contribution in [0.15, 0.2) is 78.6 Å². The first-order valence-corrected chi connectivity index (χ1v) is 17.0. The number of likely N-dealkylation sites (tertiary alicyclic amines) is 1. The van der Waals surface area contributed by atoms with Gasteiger partial charge in [0.05, 0.1) is 17.0 Å². The number of para-hydroxylation sites is 1. The van der Waals surface area contributed by atoms with Gasteiger partial charge >= 0.3 is 12.7 Å². The minimum Gasteiger partial charge on any atom is -0.382 e. The number of benzene rings is 3. The zero-order chi connectivity index (χ0) is 35.0. The second-order valence-electron chi connectivity index (χ2n) is 13.2. The van der Waals surface area contributed by atoms with E-state index in [2.05, 4.69) is 19.2 Å². The summed E-state index contributed by atoms with van der Waals surface area (Å²) < 4.78 is 67.8. The fourth-order valence-electron chi connectivity index (χ4n) is 6.25. The molecule has 1 saturated carbocycles. The maximum Gasteiger partial charge on any atom is 0.416 e. The van der Waals surface area contributed by atoms with E-state index in [0.29, 0.717) is 30.2 Å². The van der Waals surface area contributed by atoms with Crippen LogP contribution in [0.5, 0.6) is 0 Å². The number of hydrogen-bond donors (Lipinski definition) is 2. The molecule has 0 amide bonds. The van der Waals surface area contributed by atoms with Crippen LogP contribution >= 0.6 is 0 Å². The number of aryl methyl sites for hydroxylation is 2. The summed E-state index contributed by atoms with van der Waals surface area (Å²) in [5.41, 5.74) is 2.88. The normalized spacial score (nSPS) is 16.3. The summed E-state index contributed by atoms with van der Waals surface area (Å²) in [5, 5.41) is 12.0. The monoisotopic (exact) mass is 668 g/mol. The molecular formula is C39H49F5N4. The molecule has 3 aromatic rings. The van der Waals surface area contributed by atoms with Crippen molar-refractivity contribution >= 4 is 17.1 Å². The molecule has 260 valence electrons. The second-order valence-corrected chi connectivity index (χ2v) is 13.2. The molecule has 1 aliphatic carbocycles. The molecule has 5 rings (SSSR count). The van der Waals surface area contributed by atoms with E-state index in [1.165, 1.54) is 37.8 Å². The summed E-state index contributed by atoms with van der Waals surface area (Å²) in [5.74, 6) is 2.60. The Balaban J connectivity index is 0.000000569. The first-order chi connectivity index (χ1) is 22.8. The third kappa shape index (κ3) is 9.83. The predicted octanol–water partition coefficient (Wildman–Crippen LogP) is 11.0. The van der Waals surface area contributed by atoms with E-state index < -0.39 is 18.3 Å². The molecule has 2 N–H and O–H groups in total. The summed E-state index contributed by atoms with van der Waals surface area (Å²) in [4.78, 5) is 3.08.